The van der Waals surface area contributed by atoms with Crippen LogP contribution in [0.15, 0.2) is 6.07 Å². The van der Waals surface area contributed by atoms with Crippen LogP contribution in [-0.4, -0.2) is 29.0 Å². The lowest BCUT2D eigenvalue weighted by atomic mass is 10.0. The molecule has 3 rings (SSSR count). The summed E-state index contributed by atoms with van der Waals surface area (Å²) in [6, 6.07) is 1.70. The third-order valence-electron chi connectivity index (χ3n) is 3.17. The second kappa shape index (κ2) is 3.68. The summed E-state index contributed by atoms with van der Waals surface area (Å²) >= 11 is 6.03. The molecule has 4 nitrogen and oxygen atoms in total. The van der Waals surface area contributed by atoms with Crippen LogP contribution >= 0.6 is 11.6 Å². The van der Waals surface area contributed by atoms with E-state index in [0.29, 0.717) is 36.7 Å². The van der Waals surface area contributed by atoms with Crippen LogP contribution in [-0.2, 0) is 6.42 Å². The Morgan fingerprint density at radius 2 is 2.00 bits per heavy atom. The number of hydrogen-bond donors (Lipinski definition) is 2. The van der Waals surface area contributed by atoms with E-state index in [2.05, 4.69) is 0 Å². The van der Waals surface area contributed by atoms with E-state index in [1.54, 1.807) is 6.07 Å². The summed E-state index contributed by atoms with van der Waals surface area (Å²) in [5.74, 6) is 0.913. The fourth-order valence-electron chi connectivity index (χ4n) is 2.00. The molecule has 0 spiro atoms. The van der Waals surface area contributed by atoms with Crippen molar-refractivity contribution >= 4 is 11.6 Å². The number of phenolic OH excluding ortho intramolecular Hbond substituents is 1. The molecule has 0 atom stereocenters. The average molecular weight is 257 g/mol. The molecule has 2 aliphatic rings. The summed E-state index contributed by atoms with van der Waals surface area (Å²) in [5, 5.41) is 20.0. The Kier molecular flexibility index (Phi) is 2.38. The summed E-state index contributed by atoms with van der Waals surface area (Å²) in [6.07, 6.45) is 1.92. The molecule has 0 unspecified atom stereocenters. The van der Waals surface area contributed by atoms with Crippen molar-refractivity contribution in [2.45, 2.75) is 24.9 Å². The van der Waals surface area contributed by atoms with Crippen molar-refractivity contribution in [2.24, 2.45) is 0 Å². The molecule has 0 radical (unpaired) electrons. The fourth-order valence-corrected chi connectivity index (χ4v) is 2.27. The van der Waals surface area contributed by atoms with Crippen LogP contribution in [0.3, 0.4) is 0 Å². The summed E-state index contributed by atoms with van der Waals surface area (Å²) in [5.41, 5.74) is -0.0656. The summed E-state index contributed by atoms with van der Waals surface area (Å²) in [7, 11) is 0. The van der Waals surface area contributed by atoms with Crippen LogP contribution in [0, 0.1) is 0 Å². The van der Waals surface area contributed by atoms with Crippen molar-refractivity contribution in [1.29, 1.82) is 0 Å². The molecule has 0 amide bonds. The molecule has 1 saturated carbocycles. The van der Waals surface area contributed by atoms with Gasteiger partial charge in [-0.1, -0.05) is 11.6 Å². The first-order valence-corrected chi connectivity index (χ1v) is 5.99. The van der Waals surface area contributed by atoms with Crippen molar-refractivity contribution in [3.8, 4) is 17.2 Å². The van der Waals surface area contributed by atoms with E-state index in [0.717, 1.165) is 12.8 Å². The Balaban J connectivity index is 2.01. The van der Waals surface area contributed by atoms with Gasteiger partial charge in [-0.3, -0.25) is 0 Å². The van der Waals surface area contributed by atoms with Gasteiger partial charge in [0.15, 0.2) is 11.5 Å². The molecule has 17 heavy (non-hydrogen) atoms. The number of phenols is 1. The minimum Gasteiger partial charge on any atom is -0.506 e. The largest absolute Gasteiger partial charge is 0.506 e. The van der Waals surface area contributed by atoms with E-state index >= 15 is 0 Å². The van der Waals surface area contributed by atoms with Crippen molar-refractivity contribution < 1.29 is 19.7 Å². The van der Waals surface area contributed by atoms with E-state index in [-0.39, 0.29) is 10.8 Å². The monoisotopic (exact) mass is 256 g/mol. The minimum atomic E-state index is -0.676. The van der Waals surface area contributed by atoms with Crippen LogP contribution in [0.5, 0.6) is 17.2 Å². The maximum absolute atomic E-state index is 9.97. The first-order chi connectivity index (χ1) is 8.09. The third-order valence-corrected chi connectivity index (χ3v) is 3.53. The lowest BCUT2D eigenvalue weighted by molar-refractivity contribution is 0.148. The Morgan fingerprint density at radius 1 is 1.29 bits per heavy atom. The zero-order valence-corrected chi connectivity index (χ0v) is 9.96. The second-order valence-electron chi connectivity index (χ2n) is 4.62. The number of fused-ring (bicyclic) bond motifs is 1. The molecular formula is C12H13ClO4. The Morgan fingerprint density at radius 3 is 2.71 bits per heavy atom. The number of rotatable bonds is 2. The van der Waals surface area contributed by atoms with Gasteiger partial charge < -0.3 is 19.7 Å². The molecule has 1 heterocycles. The number of ether oxygens (including phenoxy) is 2. The molecule has 0 saturated heterocycles. The predicted octanol–water partition coefficient (Wildman–Crippen LogP) is 1.88. The van der Waals surface area contributed by atoms with E-state index in [1.165, 1.54) is 0 Å². The first-order valence-electron chi connectivity index (χ1n) is 5.61. The Bertz CT molecular complexity index is 468. The van der Waals surface area contributed by atoms with Crippen molar-refractivity contribution in [1.82, 2.24) is 0 Å². The molecule has 1 aliphatic heterocycles. The highest BCUT2D eigenvalue weighted by Crippen LogP contribution is 2.48. The van der Waals surface area contributed by atoms with Gasteiger partial charge >= 0.3 is 0 Å². The zero-order valence-electron chi connectivity index (χ0n) is 9.20. The summed E-state index contributed by atoms with van der Waals surface area (Å²) in [4.78, 5) is 0. The molecule has 92 valence electrons. The second-order valence-corrected chi connectivity index (χ2v) is 5.00. The minimum absolute atomic E-state index is 0.0174. The Labute approximate surface area is 104 Å². The molecule has 1 aliphatic carbocycles. The van der Waals surface area contributed by atoms with Crippen molar-refractivity contribution in [3.05, 3.63) is 16.7 Å². The van der Waals surface area contributed by atoms with Gasteiger partial charge in [0.1, 0.15) is 24.0 Å². The maximum Gasteiger partial charge on any atom is 0.183 e. The highest BCUT2D eigenvalue weighted by atomic mass is 35.5. The first kappa shape index (κ1) is 11.0. The van der Waals surface area contributed by atoms with E-state index in [4.69, 9.17) is 21.1 Å². The molecule has 5 heteroatoms. The SMILES string of the molecule is Oc1c(CC2(O)CC2)cc2c(c1Cl)OCCO2. The number of halogens is 1. The van der Waals surface area contributed by atoms with Crippen LogP contribution in [0.4, 0.5) is 0 Å². The molecule has 2 N–H and O–H groups in total. The third kappa shape index (κ3) is 1.91. The normalized spacial score (nSPS) is 20.1. The highest BCUT2D eigenvalue weighted by Gasteiger charge is 2.41. The molecule has 1 fully saturated rings. The van der Waals surface area contributed by atoms with Gasteiger partial charge in [0, 0.05) is 12.0 Å². The number of hydrogen-bond acceptors (Lipinski definition) is 4. The number of benzene rings is 1. The van der Waals surface area contributed by atoms with Crippen LogP contribution < -0.4 is 9.47 Å². The highest BCUT2D eigenvalue weighted by molar-refractivity contribution is 6.33. The quantitative estimate of drug-likeness (QED) is 0.848. The standard InChI is InChI=1S/C12H13ClO4/c13-9-10(14)7(6-12(15)1-2-12)5-8-11(9)17-4-3-16-8/h5,14-15H,1-4,6H2. The zero-order chi connectivity index (χ0) is 12.0. The van der Waals surface area contributed by atoms with Gasteiger partial charge in [0.2, 0.25) is 0 Å². The van der Waals surface area contributed by atoms with Crippen molar-refractivity contribution in [3.63, 3.8) is 0 Å². The van der Waals surface area contributed by atoms with E-state index in [1.807, 2.05) is 0 Å². The summed E-state index contributed by atoms with van der Waals surface area (Å²) < 4.78 is 10.8. The molecule has 1 aromatic carbocycles. The molecule has 0 bridgehead atoms. The number of aromatic hydroxyl groups is 1. The fraction of sp³-hybridized carbons (Fsp3) is 0.500. The van der Waals surface area contributed by atoms with Gasteiger partial charge in [-0.05, 0) is 18.9 Å². The van der Waals surface area contributed by atoms with E-state index in [9.17, 15) is 10.2 Å². The molecule has 0 aromatic heterocycles. The van der Waals surface area contributed by atoms with Crippen LogP contribution in [0.1, 0.15) is 18.4 Å². The van der Waals surface area contributed by atoms with Crippen molar-refractivity contribution in [2.75, 3.05) is 13.2 Å². The lowest BCUT2D eigenvalue weighted by Gasteiger charge is -2.22. The molecular weight excluding hydrogens is 244 g/mol. The topological polar surface area (TPSA) is 58.9 Å². The summed E-state index contributed by atoms with van der Waals surface area (Å²) in [6.45, 7) is 0.896. The van der Waals surface area contributed by atoms with Crippen LogP contribution in [0.25, 0.3) is 0 Å². The lowest BCUT2D eigenvalue weighted by Crippen LogP contribution is -2.17. The van der Waals surface area contributed by atoms with E-state index < -0.39 is 5.60 Å². The molecule has 1 aromatic rings. The van der Waals surface area contributed by atoms with Gasteiger partial charge in [0.05, 0.1) is 5.60 Å². The van der Waals surface area contributed by atoms with Gasteiger partial charge in [-0.25, -0.2) is 0 Å². The van der Waals surface area contributed by atoms with Gasteiger partial charge in [0.25, 0.3) is 0 Å². The Hall–Kier alpha value is -1.13. The average Bonchev–Trinajstić information content (AvgIpc) is 3.04. The van der Waals surface area contributed by atoms with Gasteiger partial charge in [-0.2, -0.15) is 0 Å². The van der Waals surface area contributed by atoms with Gasteiger partial charge in [-0.15, -0.1) is 0 Å². The number of aliphatic hydroxyl groups is 1. The maximum atomic E-state index is 9.97. The predicted molar refractivity (Wildman–Crippen MR) is 62.0 cm³/mol. The van der Waals surface area contributed by atoms with Crippen LogP contribution in [0.2, 0.25) is 5.02 Å². The smallest absolute Gasteiger partial charge is 0.183 e.